The largest absolute Gasteiger partial charge is 0.463 e. The lowest BCUT2D eigenvalue weighted by atomic mass is 10.2. The minimum atomic E-state index is -3.54. The number of hydrogen-bond donors (Lipinski definition) is 0. The zero-order valence-corrected chi connectivity index (χ0v) is 11.3. The summed E-state index contributed by atoms with van der Waals surface area (Å²) in [7, 11) is -3.54. The van der Waals surface area contributed by atoms with Gasteiger partial charge in [-0.2, -0.15) is 0 Å². The molecule has 0 bridgehead atoms. The van der Waals surface area contributed by atoms with Gasteiger partial charge in [-0.1, -0.05) is 24.3 Å². The number of aryl methyl sites for hydroxylation is 1. The molecule has 1 aromatic carbocycles. The van der Waals surface area contributed by atoms with Crippen molar-refractivity contribution in [3.8, 4) is 0 Å². The maximum absolute atomic E-state index is 12.0. The third-order valence-corrected chi connectivity index (χ3v) is 4.03. The summed E-state index contributed by atoms with van der Waals surface area (Å²) in [6.07, 6.45) is 0. The first kappa shape index (κ1) is 14.4. The van der Waals surface area contributed by atoms with E-state index in [0.717, 1.165) is 5.56 Å². The van der Waals surface area contributed by atoms with Gasteiger partial charge < -0.3 is 4.74 Å². The summed E-state index contributed by atoms with van der Waals surface area (Å²) in [6.45, 7) is 7.17. The maximum Gasteiger partial charge on any atom is 0.334 e. The van der Waals surface area contributed by atoms with Crippen LogP contribution in [0.3, 0.4) is 0 Å². The van der Waals surface area contributed by atoms with Crippen LogP contribution in [0.25, 0.3) is 0 Å². The molecule has 0 aromatic heterocycles. The van der Waals surface area contributed by atoms with E-state index in [1.165, 1.54) is 12.1 Å². The van der Waals surface area contributed by atoms with E-state index in [1.54, 1.807) is 19.1 Å². The SMILES string of the molecule is C=C(CS(=O)(=O)c1ccc(C)cc1)C(=O)OCC. The van der Waals surface area contributed by atoms with E-state index >= 15 is 0 Å². The van der Waals surface area contributed by atoms with Crippen molar-refractivity contribution in [2.24, 2.45) is 0 Å². The summed E-state index contributed by atoms with van der Waals surface area (Å²) in [5.41, 5.74) is 0.913. The minimum absolute atomic E-state index is 0.0579. The lowest BCUT2D eigenvalue weighted by Crippen LogP contribution is -2.16. The molecule has 0 fully saturated rings. The Morgan fingerprint density at radius 2 is 1.83 bits per heavy atom. The third kappa shape index (κ3) is 3.70. The van der Waals surface area contributed by atoms with E-state index in [0.29, 0.717) is 0 Å². The molecule has 0 saturated carbocycles. The van der Waals surface area contributed by atoms with Gasteiger partial charge >= 0.3 is 5.97 Å². The highest BCUT2D eigenvalue weighted by atomic mass is 32.2. The fourth-order valence-corrected chi connectivity index (χ4v) is 2.64. The Bertz CT molecular complexity index is 541. The van der Waals surface area contributed by atoms with E-state index in [-0.39, 0.29) is 17.1 Å². The highest BCUT2D eigenvalue weighted by Crippen LogP contribution is 2.14. The first-order valence-corrected chi connectivity index (χ1v) is 7.16. The molecule has 0 aliphatic rings. The second-order valence-electron chi connectivity index (χ2n) is 3.90. The van der Waals surface area contributed by atoms with Crippen molar-refractivity contribution in [2.45, 2.75) is 18.7 Å². The van der Waals surface area contributed by atoms with Gasteiger partial charge in [0.1, 0.15) is 0 Å². The number of esters is 1. The van der Waals surface area contributed by atoms with Crippen molar-refractivity contribution in [1.29, 1.82) is 0 Å². The average molecular weight is 268 g/mol. The fourth-order valence-electron chi connectivity index (χ4n) is 1.35. The van der Waals surface area contributed by atoms with Crippen LogP contribution < -0.4 is 0 Å². The van der Waals surface area contributed by atoms with Gasteiger partial charge in [0.2, 0.25) is 0 Å². The van der Waals surface area contributed by atoms with E-state index < -0.39 is 21.6 Å². The second kappa shape index (κ2) is 5.82. The van der Waals surface area contributed by atoms with Gasteiger partial charge in [-0.25, -0.2) is 13.2 Å². The van der Waals surface area contributed by atoms with Crippen LogP contribution in [0, 0.1) is 6.92 Å². The minimum Gasteiger partial charge on any atom is -0.463 e. The summed E-state index contributed by atoms with van der Waals surface area (Å²) in [5.74, 6) is -1.09. The summed E-state index contributed by atoms with van der Waals surface area (Å²) in [6, 6.07) is 6.45. The topological polar surface area (TPSA) is 60.4 Å². The number of ether oxygens (including phenoxy) is 1. The van der Waals surface area contributed by atoms with Crippen molar-refractivity contribution < 1.29 is 17.9 Å². The molecule has 1 rings (SSSR count). The van der Waals surface area contributed by atoms with Gasteiger partial charge in [0.25, 0.3) is 0 Å². The Hall–Kier alpha value is -1.62. The molecule has 5 heteroatoms. The molecule has 0 saturated heterocycles. The van der Waals surface area contributed by atoms with E-state index in [4.69, 9.17) is 4.74 Å². The molecule has 0 N–H and O–H groups in total. The molecular formula is C13H16O4S. The van der Waals surface area contributed by atoms with E-state index in [1.807, 2.05) is 6.92 Å². The molecule has 18 heavy (non-hydrogen) atoms. The third-order valence-electron chi connectivity index (χ3n) is 2.31. The quantitative estimate of drug-likeness (QED) is 0.604. The predicted octanol–water partition coefficient (Wildman–Crippen LogP) is 1.89. The Morgan fingerprint density at radius 1 is 1.28 bits per heavy atom. The Morgan fingerprint density at radius 3 is 2.33 bits per heavy atom. The highest BCUT2D eigenvalue weighted by molar-refractivity contribution is 7.91. The molecule has 98 valence electrons. The number of sulfone groups is 1. The number of rotatable bonds is 5. The van der Waals surface area contributed by atoms with Crippen LogP contribution in [0.5, 0.6) is 0 Å². The molecule has 1 aromatic rings. The van der Waals surface area contributed by atoms with E-state index in [2.05, 4.69) is 6.58 Å². The molecule has 0 radical (unpaired) electrons. The summed E-state index contributed by atoms with van der Waals surface area (Å²) in [4.78, 5) is 11.5. The summed E-state index contributed by atoms with van der Waals surface area (Å²) < 4.78 is 28.7. The van der Waals surface area contributed by atoms with E-state index in [9.17, 15) is 13.2 Å². The van der Waals surface area contributed by atoms with Crippen LogP contribution in [-0.4, -0.2) is 26.7 Å². The summed E-state index contributed by atoms with van der Waals surface area (Å²) >= 11 is 0. The number of carbonyl (C=O) groups is 1. The van der Waals surface area contributed by atoms with Crippen molar-refractivity contribution in [2.75, 3.05) is 12.4 Å². The van der Waals surface area contributed by atoms with Crippen LogP contribution >= 0.6 is 0 Å². The normalized spacial score (nSPS) is 11.0. The molecule has 0 aliphatic heterocycles. The zero-order chi connectivity index (χ0) is 13.8. The van der Waals surface area contributed by atoms with Crippen LogP contribution in [0.4, 0.5) is 0 Å². The first-order chi connectivity index (χ1) is 8.36. The Balaban J connectivity index is 2.86. The van der Waals surface area contributed by atoms with Crippen LogP contribution in [-0.2, 0) is 19.4 Å². The average Bonchev–Trinajstić information content (AvgIpc) is 2.29. The lowest BCUT2D eigenvalue weighted by Gasteiger charge is -2.07. The Kier molecular flexibility index (Phi) is 4.67. The molecule has 0 amide bonds. The highest BCUT2D eigenvalue weighted by Gasteiger charge is 2.20. The smallest absolute Gasteiger partial charge is 0.334 e. The monoisotopic (exact) mass is 268 g/mol. The zero-order valence-electron chi connectivity index (χ0n) is 10.5. The van der Waals surface area contributed by atoms with Gasteiger partial charge in [-0.05, 0) is 26.0 Å². The number of hydrogen-bond acceptors (Lipinski definition) is 4. The maximum atomic E-state index is 12.0. The van der Waals surface area contributed by atoms with Gasteiger partial charge in [0.05, 0.1) is 17.3 Å². The lowest BCUT2D eigenvalue weighted by molar-refractivity contribution is -0.138. The second-order valence-corrected chi connectivity index (χ2v) is 5.89. The van der Waals surface area contributed by atoms with Crippen LogP contribution in [0.15, 0.2) is 41.3 Å². The fraction of sp³-hybridized carbons (Fsp3) is 0.308. The van der Waals surface area contributed by atoms with Gasteiger partial charge in [-0.15, -0.1) is 0 Å². The molecule has 0 heterocycles. The Labute approximate surface area is 107 Å². The standard InChI is InChI=1S/C13H16O4S/c1-4-17-13(14)11(3)9-18(15,16)12-7-5-10(2)6-8-12/h5-8H,3-4,9H2,1-2H3. The van der Waals surface area contributed by atoms with Crippen LogP contribution in [0.2, 0.25) is 0 Å². The van der Waals surface area contributed by atoms with Crippen LogP contribution in [0.1, 0.15) is 12.5 Å². The van der Waals surface area contributed by atoms with Gasteiger partial charge in [0, 0.05) is 5.57 Å². The molecule has 0 spiro atoms. The number of carbonyl (C=O) groups excluding carboxylic acids is 1. The molecule has 0 atom stereocenters. The molecule has 0 aliphatic carbocycles. The van der Waals surface area contributed by atoms with Crippen molar-refractivity contribution in [3.63, 3.8) is 0 Å². The van der Waals surface area contributed by atoms with Crippen molar-refractivity contribution >= 4 is 15.8 Å². The molecule has 0 unspecified atom stereocenters. The van der Waals surface area contributed by atoms with Gasteiger partial charge in [0.15, 0.2) is 9.84 Å². The van der Waals surface area contributed by atoms with Crippen molar-refractivity contribution in [3.05, 3.63) is 42.0 Å². The molecular weight excluding hydrogens is 252 g/mol. The number of benzene rings is 1. The molecule has 4 nitrogen and oxygen atoms in total. The first-order valence-electron chi connectivity index (χ1n) is 5.51. The predicted molar refractivity (Wildman–Crippen MR) is 69.0 cm³/mol. The van der Waals surface area contributed by atoms with Crippen molar-refractivity contribution in [1.82, 2.24) is 0 Å². The summed E-state index contributed by atoms with van der Waals surface area (Å²) in [5, 5.41) is 0. The van der Waals surface area contributed by atoms with Gasteiger partial charge in [-0.3, -0.25) is 0 Å².